The summed E-state index contributed by atoms with van der Waals surface area (Å²) in [7, 11) is 0. The number of aromatic nitrogens is 2. The van der Waals surface area contributed by atoms with Crippen LogP contribution in [-0.2, 0) is 0 Å². The maximum Gasteiger partial charge on any atom is 0.145 e. The van der Waals surface area contributed by atoms with Crippen molar-refractivity contribution in [2.75, 3.05) is 0 Å². The molecule has 0 atom stereocenters. The number of nitrogens with zero attached hydrogens (tertiary/aromatic N) is 2. The summed E-state index contributed by atoms with van der Waals surface area (Å²) in [6.07, 6.45) is 0.350. The topological polar surface area (TPSA) is 17.3 Å². The molecule has 4 aromatic rings. The first kappa shape index (κ1) is 9.56. The van der Waals surface area contributed by atoms with E-state index in [2.05, 4.69) is 52.7 Å². The maximum atomic E-state index is 8.01. The molecule has 0 aliphatic rings. The molecular weight excluding hydrogens is 232 g/mol. The molecule has 0 saturated heterocycles. The number of imidazole rings is 1. The Hall–Kier alpha value is -2.35. The van der Waals surface area contributed by atoms with Gasteiger partial charge in [0.15, 0.2) is 0 Å². The first-order chi connectivity index (χ1) is 9.66. The van der Waals surface area contributed by atoms with Crippen molar-refractivity contribution < 1.29 is 1.37 Å². The van der Waals surface area contributed by atoms with Gasteiger partial charge in [0, 0.05) is 22.6 Å². The smallest absolute Gasteiger partial charge is 0.145 e. The molecule has 2 nitrogen and oxygen atoms in total. The van der Waals surface area contributed by atoms with Crippen molar-refractivity contribution in [1.29, 1.82) is 0 Å². The van der Waals surface area contributed by atoms with E-state index in [9.17, 15) is 0 Å². The first-order valence-corrected chi connectivity index (χ1v) is 6.43. The summed E-state index contributed by atoms with van der Waals surface area (Å²) in [5.74, 6) is 0. The lowest BCUT2D eigenvalue weighted by Crippen LogP contribution is -1.93. The normalized spacial score (nSPS) is 12.4. The third-order valence-electron chi connectivity index (χ3n) is 3.72. The molecule has 2 aromatic carbocycles. The number of hydrogen-bond donors (Lipinski definition) is 0. The zero-order valence-electron chi connectivity index (χ0n) is 11.9. The van der Waals surface area contributed by atoms with E-state index in [4.69, 9.17) is 1.37 Å². The first-order valence-electron chi connectivity index (χ1n) is 6.93. The predicted molar refractivity (Wildman–Crippen MR) is 79.7 cm³/mol. The van der Waals surface area contributed by atoms with Crippen molar-refractivity contribution in [2.45, 2.75) is 13.8 Å². The van der Waals surface area contributed by atoms with Crippen molar-refractivity contribution >= 4 is 27.3 Å². The Morgan fingerprint density at radius 3 is 2.63 bits per heavy atom. The van der Waals surface area contributed by atoms with E-state index in [-0.39, 0.29) is 0 Å². The molecule has 0 N–H and O–H groups in total. The van der Waals surface area contributed by atoms with Crippen molar-refractivity contribution in [3.05, 3.63) is 59.9 Å². The SMILES string of the molecule is [2H]c1nc2c3ccccc3c3cc(C)ccc3n2c1C. The van der Waals surface area contributed by atoms with Crippen molar-refractivity contribution in [3.63, 3.8) is 0 Å². The largest absolute Gasteiger partial charge is 0.296 e. The van der Waals surface area contributed by atoms with Gasteiger partial charge in [-0.05, 0) is 31.4 Å². The zero-order valence-corrected chi connectivity index (χ0v) is 10.9. The average molecular weight is 247 g/mol. The van der Waals surface area contributed by atoms with Crippen molar-refractivity contribution in [1.82, 2.24) is 9.38 Å². The number of benzene rings is 2. The quantitative estimate of drug-likeness (QED) is 0.424. The fourth-order valence-corrected chi connectivity index (χ4v) is 2.84. The highest BCUT2D eigenvalue weighted by atomic mass is 15.0. The standard InChI is InChI=1S/C17H14N2/c1-11-7-8-16-15(9-11)13-5-3-4-6-14(13)17-18-10-12(2)19(16)17/h3-10H,1-2H3/i10D. The van der Waals surface area contributed by atoms with Crippen LogP contribution in [0.2, 0.25) is 0 Å². The Labute approximate surface area is 112 Å². The monoisotopic (exact) mass is 247 g/mol. The Balaban J connectivity index is 2.44. The van der Waals surface area contributed by atoms with Gasteiger partial charge in [-0.25, -0.2) is 4.98 Å². The Morgan fingerprint density at radius 2 is 1.79 bits per heavy atom. The molecule has 2 aromatic heterocycles. The van der Waals surface area contributed by atoms with E-state index >= 15 is 0 Å². The highest BCUT2D eigenvalue weighted by Gasteiger charge is 2.10. The minimum absolute atomic E-state index is 0.350. The van der Waals surface area contributed by atoms with E-state index < -0.39 is 0 Å². The fourth-order valence-electron chi connectivity index (χ4n) is 2.84. The van der Waals surface area contributed by atoms with Crippen LogP contribution >= 0.6 is 0 Å². The summed E-state index contributed by atoms with van der Waals surface area (Å²) < 4.78 is 10.1. The Bertz CT molecular complexity index is 983. The van der Waals surface area contributed by atoms with Gasteiger partial charge in [-0.15, -0.1) is 0 Å². The number of pyridine rings is 1. The minimum Gasteiger partial charge on any atom is -0.296 e. The molecule has 0 unspecified atom stereocenters. The second-order valence-electron chi connectivity index (χ2n) is 5.03. The lowest BCUT2D eigenvalue weighted by atomic mass is 10.0. The van der Waals surface area contributed by atoms with Crippen LogP contribution in [0.4, 0.5) is 0 Å². The highest BCUT2D eigenvalue weighted by molar-refractivity contribution is 6.11. The molecule has 2 heteroatoms. The molecule has 0 spiro atoms. The van der Waals surface area contributed by atoms with E-state index in [1.54, 1.807) is 0 Å². The number of rotatable bonds is 0. The summed E-state index contributed by atoms with van der Waals surface area (Å²) in [5.41, 5.74) is 4.12. The minimum atomic E-state index is 0.350. The van der Waals surface area contributed by atoms with Crippen LogP contribution < -0.4 is 0 Å². The average Bonchev–Trinajstić information content (AvgIpc) is 2.76. The zero-order chi connectivity index (χ0) is 13.9. The van der Waals surface area contributed by atoms with Crippen molar-refractivity contribution in [2.24, 2.45) is 0 Å². The van der Waals surface area contributed by atoms with Crippen molar-refractivity contribution in [3.8, 4) is 0 Å². The third kappa shape index (κ3) is 1.34. The fraction of sp³-hybridized carbons (Fsp3) is 0.118. The second-order valence-corrected chi connectivity index (χ2v) is 5.03. The highest BCUT2D eigenvalue weighted by Crippen LogP contribution is 2.30. The van der Waals surface area contributed by atoms with Gasteiger partial charge in [0.25, 0.3) is 0 Å². The van der Waals surface area contributed by atoms with Crippen LogP contribution in [0.15, 0.2) is 48.6 Å². The second kappa shape index (κ2) is 3.58. The molecule has 2 heterocycles. The molecule has 0 fully saturated rings. The molecule has 92 valence electrons. The van der Waals surface area contributed by atoms with E-state index in [1.165, 1.54) is 16.3 Å². The Kier molecular flexibility index (Phi) is 1.80. The van der Waals surface area contributed by atoms with Crippen LogP contribution in [0.25, 0.3) is 27.3 Å². The molecule has 0 aliphatic carbocycles. The summed E-state index contributed by atoms with van der Waals surface area (Å²) >= 11 is 0. The molecule has 0 aliphatic heterocycles. The summed E-state index contributed by atoms with van der Waals surface area (Å²) in [6.45, 7) is 4.06. The molecule has 0 radical (unpaired) electrons. The van der Waals surface area contributed by atoms with Crippen LogP contribution in [0.1, 0.15) is 12.6 Å². The predicted octanol–water partition coefficient (Wildman–Crippen LogP) is 4.26. The van der Waals surface area contributed by atoms with Crippen LogP contribution in [0.5, 0.6) is 0 Å². The van der Waals surface area contributed by atoms with E-state index in [1.807, 2.05) is 13.0 Å². The molecule has 0 bridgehead atoms. The molecule has 4 rings (SSSR count). The van der Waals surface area contributed by atoms with E-state index in [0.29, 0.717) is 6.17 Å². The summed E-state index contributed by atoms with van der Waals surface area (Å²) in [4.78, 5) is 4.44. The lowest BCUT2D eigenvalue weighted by Gasteiger charge is -2.10. The van der Waals surface area contributed by atoms with Crippen LogP contribution in [-0.4, -0.2) is 9.38 Å². The Morgan fingerprint density at radius 1 is 1.00 bits per heavy atom. The lowest BCUT2D eigenvalue weighted by molar-refractivity contribution is 1.17. The molecular formula is C17H14N2. The summed E-state index contributed by atoms with van der Waals surface area (Å²) in [6, 6.07) is 14.7. The van der Waals surface area contributed by atoms with Gasteiger partial charge >= 0.3 is 0 Å². The van der Waals surface area contributed by atoms with Gasteiger partial charge in [0.2, 0.25) is 0 Å². The molecule has 0 saturated carbocycles. The maximum absolute atomic E-state index is 8.01. The van der Waals surface area contributed by atoms with Gasteiger partial charge in [0.1, 0.15) is 5.65 Å². The summed E-state index contributed by atoms with van der Waals surface area (Å²) in [5, 5.41) is 3.52. The van der Waals surface area contributed by atoms with Gasteiger partial charge < -0.3 is 0 Å². The van der Waals surface area contributed by atoms with E-state index in [0.717, 1.165) is 22.2 Å². The number of hydrogen-bond acceptors (Lipinski definition) is 1. The van der Waals surface area contributed by atoms with Gasteiger partial charge in [-0.2, -0.15) is 0 Å². The van der Waals surface area contributed by atoms with Crippen LogP contribution in [0.3, 0.4) is 0 Å². The number of fused-ring (bicyclic) bond motifs is 6. The number of aryl methyl sites for hydroxylation is 2. The third-order valence-corrected chi connectivity index (χ3v) is 3.72. The van der Waals surface area contributed by atoms with Gasteiger partial charge in [-0.1, -0.05) is 35.9 Å². The van der Waals surface area contributed by atoms with Gasteiger partial charge in [-0.3, -0.25) is 4.40 Å². The van der Waals surface area contributed by atoms with Crippen LogP contribution in [0, 0.1) is 13.8 Å². The molecule has 19 heavy (non-hydrogen) atoms. The molecule has 0 amide bonds. The van der Waals surface area contributed by atoms with Gasteiger partial charge in [0.05, 0.1) is 6.89 Å².